The molecule has 1 aromatic carbocycles. The van der Waals surface area contributed by atoms with E-state index in [1.807, 2.05) is 6.07 Å². The van der Waals surface area contributed by atoms with E-state index >= 15 is 0 Å². The van der Waals surface area contributed by atoms with Gasteiger partial charge in [0.2, 0.25) is 5.91 Å². The molecule has 1 aliphatic carbocycles. The molecule has 1 aromatic heterocycles. The predicted octanol–water partition coefficient (Wildman–Crippen LogP) is 2.57. The maximum absolute atomic E-state index is 12.3. The van der Waals surface area contributed by atoms with Gasteiger partial charge >= 0.3 is 0 Å². The van der Waals surface area contributed by atoms with Crippen LogP contribution in [0.4, 0.5) is 5.69 Å². The van der Waals surface area contributed by atoms with Crippen molar-refractivity contribution in [3.8, 4) is 5.75 Å². The van der Waals surface area contributed by atoms with E-state index in [-0.39, 0.29) is 18.2 Å². The zero-order valence-electron chi connectivity index (χ0n) is 15.2. The summed E-state index contributed by atoms with van der Waals surface area (Å²) in [5.41, 5.74) is 6.62. The molecule has 0 spiro atoms. The number of nitrogens with one attached hydrogen (secondary N) is 3. The van der Waals surface area contributed by atoms with Gasteiger partial charge in [0.1, 0.15) is 5.75 Å². The summed E-state index contributed by atoms with van der Waals surface area (Å²) in [5.74, 6) is -0.706. The summed E-state index contributed by atoms with van der Waals surface area (Å²) in [6.45, 7) is 0. The van der Waals surface area contributed by atoms with Crippen molar-refractivity contribution in [3.63, 3.8) is 0 Å². The maximum Gasteiger partial charge on any atom is 0.279 e. The molecule has 0 saturated heterocycles. The Morgan fingerprint density at radius 1 is 1.14 bits per heavy atom. The monoisotopic (exact) mass is 399 g/mol. The number of benzene rings is 1. The fourth-order valence-corrected chi connectivity index (χ4v) is 4.56. The van der Waals surface area contributed by atoms with Crippen LogP contribution in [-0.4, -0.2) is 23.8 Å². The third-order valence-electron chi connectivity index (χ3n) is 4.86. The zero-order valence-corrected chi connectivity index (χ0v) is 16.1. The van der Waals surface area contributed by atoms with Crippen LogP contribution in [-0.2, 0) is 22.4 Å². The lowest BCUT2D eigenvalue weighted by Gasteiger charge is -2.25. The molecule has 3 amide bonds. The molecule has 0 unspecified atom stereocenters. The van der Waals surface area contributed by atoms with Crippen LogP contribution < -0.4 is 20.9 Å². The molecule has 0 bridgehead atoms. The maximum atomic E-state index is 12.3. The minimum absolute atomic E-state index is 0.193. The van der Waals surface area contributed by atoms with Crippen molar-refractivity contribution >= 4 is 34.7 Å². The third kappa shape index (κ3) is 4.01. The Bertz CT molecular complexity index is 900. The van der Waals surface area contributed by atoms with Crippen molar-refractivity contribution in [2.24, 2.45) is 0 Å². The molecule has 7 nitrogen and oxygen atoms in total. The van der Waals surface area contributed by atoms with E-state index in [1.54, 1.807) is 24.3 Å². The second-order valence-corrected chi connectivity index (χ2v) is 8.05. The van der Waals surface area contributed by atoms with E-state index in [4.69, 9.17) is 4.74 Å². The van der Waals surface area contributed by atoms with Crippen molar-refractivity contribution in [3.05, 3.63) is 45.6 Å². The average Bonchev–Trinajstić information content (AvgIpc) is 2.97. The van der Waals surface area contributed by atoms with Gasteiger partial charge in [-0.05, 0) is 49.4 Å². The highest BCUT2D eigenvalue weighted by atomic mass is 32.1. The van der Waals surface area contributed by atoms with E-state index in [0.717, 1.165) is 25.7 Å². The Labute approximate surface area is 166 Å². The van der Waals surface area contributed by atoms with Crippen LogP contribution in [0.3, 0.4) is 0 Å². The lowest BCUT2D eigenvalue weighted by Crippen LogP contribution is -2.46. The molecule has 0 saturated carbocycles. The third-order valence-corrected chi connectivity index (χ3v) is 6.10. The van der Waals surface area contributed by atoms with Gasteiger partial charge in [-0.25, -0.2) is 0 Å². The molecule has 3 N–H and O–H groups in total. The second-order valence-electron chi connectivity index (χ2n) is 6.92. The molecule has 8 heteroatoms. The van der Waals surface area contributed by atoms with Gasteiger partial charge in [-0.3, -0.25) is 25.2 Å². The minimum Gasteiger partial charge on any atom is -0.478 e. The molecule has 4 rings (SSSR count). The number of hydrogen-bond acceptors (Lipinski definition) is 5. The number of ether oxygens (including phenoxy) is 1. The van der Waals surface area contributed by atoms with Crippen molar-refractivity contribution in [1.82, 2.24) is 10.9 Å². The quantitative estimate of drug-likeness (QED) is 0.546. The highest BCUT2D eigenvalue weighted by Gasteiger charge is 2.29. The number of carbonyl (C=O) groups excluding carboxylic acids is 3. The number of fused-ring (bicyclic) bond motifs is 2. The fourth-order valence-electron chi connectivity index (χ4n) is 3.41. The van der Waals surface area contributed by atoms with E-state index in [0.29, 0.717) is 16.3 Å². The van der Waals surface area contributed by atoms with Gasteiger partial charge in [-0.15, -0.1) is 11.3 Å². The zero-order chi connectivity index (χ0) is 19.5. The number of para-hydroxylation sites is 2. The van der Waals surface area contributed by atoms with Crippen LogP contribution in [0.15, 0.2) is 30.3 Å². The second kappa shape index (κ2) is 8.02. The summed E-state index contributed by atoms with van der Waals surface area (Å²) >= 11 is 1.48. The first kappa shape index (κ1) is 18.5. The van der Waals surface area contributed by atoms with Gasteiger partial charge in [0.25, 0.3) is 11.8 Å². The summed E-state index contributed by atoms with van der Waals surface area (Å²) < 4.78 is 5.59. The van der Waals surface area contributed by atoms with Crippen molar-refractivity contribution in [2.45, 2.75) is 44.6 Å². The summed E-state index contributed by atoms with van der Waals surface area (Å²) in [6.07, 6.45) is 4.40. The van der Waals surface area contributed by atoms with Crippen molar-refractivity contribution in [2.75, 3.05) is 5.32 Å². The summed E-state index contributed by atoms with van der Waals surface area (Å²) in [7, 11) is 0. The van der Waals surface area contributed by atoms with Crippen LogP contribution in [0, 0.1) is 0 Å². The standard InChI is InChI=1S/C20H21N3O4S/c24-18(11-15-19(25)21-13-7-4-5-8-14(13)27-15)22-23-20(26)17-10-12-6-2-1-3-9-16(12)28-17/h4-5,7-8,10,15H,1-3,6,9,11H2,(H,21,25)(H,22,24)(H,23,26)/t15-/m1/s1. The first-order valence-corrected chi connectivity index (χ1v) is 10.2. The molecule has 2 aromatic rings. The first-order chi connectivity index (χ1) is 13.6. The number of anilines is 1. The Morgan fingerprint density at radius 3 is 2.86 bits per heavy atom. The van der Waals surface area contributed by atoms with E-state index in [9.17, 15) is 14.4 Å². The lowest BCUT2D eigenvalue weighted by molar-refractivity contribution is -0.130. The van der Waals surface area contributed by atoms with Crippen LogP contribution in [0.5, 0.6) is 5.75 Å². The number of thiophene rings is 1. The SMILES string of the molecule is O=C(C[C@H]1Oc2ccccc2NC1=O)NNC(=O)c1cc2c(s1)CCCCC2. The normalized spacial score (nSPS) is 18.0. The van der Waals surface area contributed by atoms with Gasteiger partial charge in [0.05, 0.1) is 17.0 Å². The number of amides is 3. The molecule has 1 atom stereocenters. The van der Waals surface area contributed by atoms with Crippen molar-refractivity contribution < 1.29 is 19.1 Å². The number of aryl methyl sites for hydroxylation is 2. The highest BCUT2D eigenvalue weighted by molar-refractivity contribution is 7.14. The van der Waals surface area contributed by atoms with Gasteiger partial charge < -0.3 is 10.1 Å². The minimum atomic E-state index is -0.940. The van der Waals surface area contributed by atoms with Gasteiger partial charge in [0.15, 0.2) is 6.10 Å². The van der Waals surface area contributed by atoms with E-state index < -0.39 is 12.0 Å². The summed E-state index contributed by atoms with van der Waals surface area (Å²) in [4.78, 5) is 38.5. The summed E-state index contributed by atoms with van der Waals surface area (Å²) in [5, 5.41) is 2.71. The Kier molecular flexibility index (Phi) is 5.29. The molecule has 146 valence electrons. The molecular weight excluding hydrogens is 378 g/mol. The first-order valence-electron chi connectivity index (χ1n) is 9.37. The number of hydrazine groups is 1. The Morgan fingerprint density at radius 2 is 1.96 bits per heavy atom. The van der Waals surface area contributed by atoms with E-state index in [2.05, 4.69) is 16.2 Å². The van der Waals surface area contributed by atoms with Crippen LogP contribution >= 0.6 is 11.3 Å². The molecular formula is C20H21N3O4S. The molecule has 28 heavy (non-hydrogen) atoms. The predicted molar refractivity (Wildman–Crippen MR) is 105 cm³/mol. The fraction of sp³-hybridized carbons (Fsp3) is 0.350. The molecule has 2 aliphatic rings. The molecule has 0 radical (unpaired) electrons. The number of hydrogen-bond donors (Lipinski definition) is 3. The molecule has 2 heterocycles. The lowest BCUT2D eigenvalue weighted by atomic mass is 10.1. The molecule has 1 aliphatic heterocycles. The largest absolute Gasteiger partial charge is 0.478 e. The topological polar surface area (TPSA) is 96.5 Å². The van der Waals surface area contributed by atoms with Crippen LogP contribution in [0.25, 0.3) is 0 Å². The smallest absolute Gasteiger partial charge is 0.279 e. The van der Waals surface area contributed by atoms with Crippen LogP contribution in [0.1, 0.15) is 45.8 Å². The van der Waals surface area contributed by atoms with E-state index in [1.165, 1.54) is 28.2 Å². The summed E-state index contributed by atoms with van der Waals surface area (Å²) in [6, 6.07) is 8.95. The highest BCUT2D eigenvalue weighted by Crippen LogP contribution is 2.30. The van der Waals surface area contributed by atoms with Gasteiger partial charge in [-0.1, -0.05) is 18.6 Å². The van der Waals surface area contributed by atoms with Gasteiger partial charge in [0, 0.05) is 4.88 Å². The van der Waals surface area contributed by atoms with Gasteiger partial charge in [-0.2, -0.15) is 0 Å². The number of carbonyl (C=O) groups is 3. The average molecular weight is 399 g/mol. The molecule has 0 fully saturated rings. The van der Waals surface area contributed by atoms with Crippen molar-refractivity contribution in [1.29, 1.82) is 0 Å². The Hall–Kier alpha value is -2.87. The Balaban J connectivity index is 1.31. The number of rotatable bonds is 3. The van der Waals surface area contributed by atoms with Crippen LogP contribution in [0.2, 0.25) is 0 Å².